The monoisotopic (exact) mass is 498 g/mol. The molecule has 0 saturated carbocycles. The molecule has 1 fully saturated rings. The van der Waals surface area contributed by atoms with Crippen LogP contribution in [-0.2, 0) is 4.79 Å². The summed E-state index contributed by atoms with van der Waals surface area (Å²) < 4.78 is 43.7. The zero-order valence-electron chi connectivity index (χ0n) is 19.7. The lowest BCUT2D eigenvalue weighted by Crippen LogP contribution is -2.37. The molecule has 0 spiro atoms. The normalized spacial score (nSPS) is 17.8. The number of halogens is 3. The van der Waals surface area contributed by atoms with Crippen LogP contribution in [0.5, 0.6) is 0 Å². The maximum absolute atomic E-state index is 14.1. The van der Waals surface area contributed by atoms with E-state index in [4.69, 9.17) is 0 Å². The van der Waals surface area contributed by atoms with E-state index in [1.807, 2.05) is 12.1 Å². The number of rotatable bonds is 5. The van der Waals surface area contributed by atoms with E-state index in [2.05, 4.69) is 20.5 Å². The van der Waals surface area contributed by atoms with Crippen molar-refractivity contribution in [2.24, 2.45) is 5.92 Å². The van der Waals surface area contributed by atoms with Crippen LogP contribution in [0.2, 0.25) is 0 Å². The first-order valence-corrected chi connectivity index (χ1v) is 11.7. The van der Waals surface area contributed by atoms with Crippen molar-refractivity contribution in [1.29, 1.82) is 0 Å². The number of benzene rings is 1. The minimum absolute atomic E-state index is 0.0321. The summed E-state index contributed by atoms with van der Waals surface area (Å²) in [5.74, 6) is -0.000124. The number of alkyl halides is 3. The van der Waals surface area contributed by atoms with Gasteiger partial charge in [0.25, 0.3) is 0 Å². The highest BCUT2D eigenvalue weighted by molar-refractivity contribution is 5.94. The van der Waals surface area contributed by atoms with Gasteiger partial charge in [0.1, 0.15) is 11.7 Å². The van der Waals surface area contributed by atoms with Gasteiger partial charge in [-0.15, -0.1) is 10.2 Å². The van der Waals surface area contributed by atoms with Gasteiger partial charge in [-0.2, -0.15) is 13.2 Å². The fourth-order valence-electron chi connectivity index (χ4n) is 4.46. The number of anilines is 1. The summed E-state index contributed by atoms with van der Waals surface area (Å²) in [6.07, 6.45) is -3.61. The number of aliphatic hydroxyl groups excluding tert-OH is 1. The molecular formula is C25H25F3N6O2. The van der Waals surface area contributed by atoms with Gasteiger partial charge in [-0.05, 0) is 36.2 Å². The SMILES string of the molecule is CC(C)C(=O)Nc1ccc2ccc(-c3nnc4ccc([C@@H](N5CCC(O)C5)C(F)(F)F)cn34)nc2c1. The van der Waals surface area contributed by atoms with E-state index in [1.54, 1.807) is 32.0 Å². The van der Waals surface area contributed by atoms with Crippen LogP contribution >= 0.6 is 0 Å². The van der Waals surface area contributed by atoms with Crippen molar-refractivity contribution >= 4 is 28.1 Å². The van der Waals surface area contributed by atoms with E-state index in [0.717, 1.165) is 5.39 Å². The number of aromatic nitrogens is 4. The lowest BCUT2D eigenvalue weighted by molar-refractivity contribution is -0.184. The zero-order chi connectivity index (χ0) is 25.6. The molecule has 8 nitrogen and oxygen atoms in total. The Bertz CT molecular complexity index is 1430. The Morgan fingerprint density at radius 3 is 2.61 bits per heavy atom. The number of nitrogens with zero attached hydrogens (tertiary/aromatic N) is 5. The predicted octanol–water partition coefficient (Wildman–Crippen LogP) is 4.21. The number of likely N-dealkylation sites (tertiary alicyclic amines) is 1. The number of carbonyl (C=O) groups is 1. The Balaban J connectivity index is 1.54. The van der Waals surface area contributed by atoms with E-state index in [1.165, 1.54) is 27.6 Å². The van der Waals surface area contributed by atoms with Crippen LogP contribution in [0, 0.1) is 5.92 Å². The number of pyridine rings is 2. The third-order valence-electron chi connectivity index (χ3n) is 6.32. The largest absolute Gasteiger partial charge is 0.408 e. The van der Waals surface area contributed by atoms with E-state index in [-0.39, 0.29) is 30.5 Å². The second-order valence-corrected chi connectivity index (χ2v) is 9.34. The van der Waals surface area contributed by atoms with Crippen LogP contribution in [0.1, 0.15) is 31.9 Å². The van der Waals surface area contributed by atoms with Gasteiger partial charge in [0.2, 0.25) is 5.91 Å². The van der Waals surface area contributed by atoms with Crippen molar-refractivity contribution in [2.45, 2.75) is 38.6 Å². The van der Waals surface area contributed by atoms with Gasteiger partial charge in [0, 0.05) is 36.3 Å². The highest BCUT2D eigenvalue weighted by Crippen LogP contribution is 2.39. The summed E-state index contributed by atoms with van der Waals surface area (Å²) in [6, 6.07) is 9.97. The molecule has 5 rings (SSSR count). The molecule has 188 valence electrons. The molecule has 11 heteroatoms. The molecular weight excluding hydrogens is 473 g/mol. The Hall–Kier alpha value is -3.57. The average Bonchev–Trinajstić information content (AvgIpc) is 3.43. The first-order chi connectivity index (χ1) is 17.1. The first kappa shape index (κ1) is 24.1. The van der Waals surface area contributed by atoms with Gasteiger partial charge < -0.3 is 10.4 Å². The number of amides is 1. The molecule has 3 aromatic heterocycles. The second-order valence-electron chi connectivity index (χ2n) is 9.34. The van der Waals surface area contributed by atoms with Crippen molar-refractivity contribution in [3.63, 3.8) is 0 Å². The molecule has 1 aliphatic rings. The fourth-order valence-corrected chi connectivity index (χ4v) is 4.46. The molecule has 1 aliphatic heterocycles. The molecule has 2 N–H and O–H groups in total. The van der Waals surface area contributed by atoms with Gasteiger partial charge in [-0.3, -0.25) is 14.1 Å². The topological polar surface area (TPSA) is 95.7 Å². The molecule has 0 bridgehead atoms. The quantitative estimate of drug-likeness (QED) is 0.428. The molecule has 0 aliphatic carbocycles. The van der Waals surface area contributed by atoms with Crippen LogP contribution in [0.3, 0.4) is 0 Å². The predicted molar refractivity (Wildman–Crippen MR) is 128 cm³/mol. The van der Waals surface area contributed by atoms with Crippen LogP contribution in [0.25, 0.3) is 28.1 Å². The maximum atomic E-state index is 14.1. The van der Waals surface area contributed by atoms with Crippen LogP contribution in [0.4, 0.5) is 18.9 Å². The van der Waals surface area contributed by atoms with Gasteiger partial charge in [0.15, 0.2) is 11.5 Å². The van der Waals surface area contributed by atoms with E-state index < -0.39 is 18.3 Å². The summed E-state index contributed by atoms with van der Waals surface area (Å²) in [4.78, 5) is 18.0. The summed E-state index contributed by atoms with van der Waals surface area (Å²) >= 11 is 0. The minimum atomic E-state index is -4.52. The molecule has 36 heavy (non-hydrogen) atoms. The summed E-state index contributed by atoms with van der Waals surface area (Å²) in [5, 5.41) is 21.8. The molecule has 0 radical (unpaired) electrons. The fraction of sp³-hybridized carbons (Fsp3) is 0.360. The molecule has 2 atom stereocenters. The molecule has 1 saturated heterocycles. The van der Waals surface area contributed by atoms with Crippen molar-refractivity contribution in [3.8, 4) is 11.5 Å². The summed E-state index contributed by atoms with van der Waals surface area (Å²) in [6.45, 7) is 3.71. The lowest BCUT2D eigenvalue weighted by atomic mass is 10.1. The van der Waals surface area contributed by atoms with Crippen molar-refractivity contribution in [1.82, 2.24) is 24.5 Å². The van der Waals surface area contributed by atoms with Crippen LogP contribution in [-0.4, -0.2) is 60.9 Å². The second kappa shape index (κ2) is 9.14. The Kier molecular flexibility index (Phi) is 6.13. The molecule has 1 unspecified atom stereocenters. The highest BCUT2D eigenvalue weighted by Gasteiger charge is 2.46. The summed E-state index contributed by atoms with van der Waals surface area (Å²) in [5.41, 5.74) is 2.04. The molecule has 4 heterocycles. The number of aliphatic hydroxyl groups is 1. The van der Waals surface area contributed by atoms with E-state index in [9.17, 15) is 23.1 Å². The number of hydrogen-bond donors (Lipinski definition) is 2. The van der Waals surface area contributed by atoms with E-state index in [0.29, 0.717) is 34.8 Å². The molecule has 1 aromatic carbocycles. The van der Waals surface area contributed by atoms with Crippen LogP contribution < -0.4 is 5.32 Å². The van der Waals surface area contributed by atoms with Gasteiger partial charge >= 0.3 is 6.18 Å². The minimum Gasteiger partial charge on any atom is -0.392 e. The average molecular weight is 499 g/mol. The molecule has 1 amide bonds. The number of hydrogen-bond acceptors (Lipinski definition) is 6. The number of carbonyl (C=O) groups excluding carboxylic acids is 1. The van der Waals surface area contributed by atoms with Crippen LogP contribution in [0.15, 0.2) is 48.7 Å². The smallest absolute Gasteiger partial charge is 0.392 e. The number of fused-ring (bicyclic) bond motifs is 2. The number of β-amino-alcohol motifs (C(OH)–C–C–N with tert-alkyl or cyclic N) is 1. The third-order valence-corrected chi connectivity index (χ3v) is 6.32. The third kappa shape index (κ3) is 4.63. The highest BCUT2D eigenvalue weighted by atomic mass is 19.4. The van der Waals surface area contributed by atoms with Crippen molar-refractivity contribution in [3.05, 3.63) is 54.2 Å². The number of nitrogens with one attached hydrogen (secondary N) is 1. The van der Waals surface area contributed by atoms with Crippen molar-refractivity contribution < 1.29 is 23.1 Å². The standard InChI is InChI=1S/C25H25F3N6O2/c1-14(2)24(36)29-17-6-3-15-4-7-19(30-20(15)11-17)23-32-31-21-8-5-16(12-34(21)23)22(25(26,27)28)33-10-9-18(35)13-33/h3-8,11-12,14,18,22,35H,9-10,13H2,1-2H3,(H,29,36)/t18?,22-/m1/s1. The van der Waals surface area contributed by atoms with Gasteiger partial charge in [-0.25, -0.2) is 4.98 Å². The van der Waals surface area contributed by atoms with Gasteiger partial charge in [-0.1, -0.05) is 32.0 Å². The van der Waals surface area contributed by atoms with E-state index >= 15 is 0 Å². The summed E-state index contributed by atoms with van der Waals surface area (Å²) in [7, 11) is 0. The van der Waals surface area contributed by atoms with Gasteiger partial charge in [0.05, 0.1) is 11.6 Å². The zero-order valence-corrected chi connectivity index (χ0v) is 19.7. The molecule has 4 aromatic rings. The van der Waals surface area contributed by atoms with Crippen molar-refractivity contribution in [2.75, 3.05) is 18.4 Å². The Morgan fingerprint density at radius 2 is 1.92 bits per heavy atom. The maximum Gasteiger partial charge on any atom is 0.408 e. The lowest BCUT2D eigenvalue weighted by Gasteiger charge is -2.29. The first-order valence-electron chi connectivity index (χ1n) is 11.7. The Labute approximate surface area is 204 Å². The Morgan fingerprint density at radius 1 is 1.14 bits per heavy atom.